The molecule has 0 saturated heterocycles. The fourth-order valence-corrected chi connectivity index (χ4v) is 0.380. The van der Waals surface area contributed by atoms with Gasteiger partial charge in [-0.1, -0.05) is 0 Å². The Morgan fingerprint density at radius 1 is 1.00 bits per heavy atom. The number of rotatable bonds is 5. The molecule has 0 bridgehead atoms. The molecule has 0 atom stereocenters. The van der Waals surface area contributed by atoms with E-state index >= 15 is 0 Å². The minimum atomic E-state index is -0.514. The van der Waals surface area contributed by atoms with Crippen LogP contribution in [0.5, 0.6) is 0 Å². The van der Waals surface area contributed by atoms with E-state index in [0.29, 0.717) is 6.61 Å². The van der Waals surface area contributed by atoms with E-state index in [1.54, 1.807) is 7.11 Å². The molecule has 0 aromatic rings. The first-order valence-electron chi connectivity index (χ1n) is 3.45. The summed E-state index contributed by atoms with van der Waals surface area (Å²) >= 11 is 0. The van der Waals surface area contributed by atoms with Gasteiger partial charge in [0.15, 0.2) is 0 Å². The largest absolute Gasteiger partial charge is 0.638 e. The molecule has 0 aliphatic carbocycles. The molecule has 75 valence electrons. The topological polar surface area (TPSA) is 57.2 Å². The summed E-state index contributed by atoms with van der Waals surface area (Å²) in [5.74, 6) is 0. The monoisotopic (exact) mass is 187 g/mol. The van der Waals surface area contributed by atoms with E-state index in [4.69, 9.17) is 5.11 Å². The van der Waals surface area contributed by atoms with Gasteiger partial charge in [-0.25, -0.2) is 0 Å². The van der Waals surface area contributed by atoms with Crippen LogP contribution in [0.15, 0.2) is 0 Å². The van der Waals surface area contributed by atoms with E-state index < -0.39 is 7.32 Å². The Balaban J connectivity index is -0.000000150. The summed E-state index contributed by atoms with van der Waals surface area (Å²) in [4.78, 5) is 0. The third-order valence-electron chi connectivity index (χ3n) is 0.873. The molecule has 0 aliphatic rings. The Morgan fingerprint density at radius 3 is 1.38 bits per heavy atom. The molecule has 0 aliphatic heterocycles. The molecule has 13 heavy (non-hydrogen) atoms. The Morgan fingerprint density at radius 2 is 1.38 bits per heavy atom. The van der Waals surface area contributed by atoms with Crippen molar-refractivity contribution in [1.82, 2.24) is 0 Å². The van der Waals surface area contributed by atoms with Crippen molar-refractivity contribution in [2.45, 2.75) is 0 Å². The summed E-state index contributed by atoms with van der Waals surface area (Å²) in [7, 11) is 5.57. The number of aliphatic hydroxyl groups is 1. The smallest absolute Gasteiger partial charge is 0.394 e. The van der Waals surface area contributed by atoms with Gasteiger partial charge in [0.25, 0.3) is 0 Å². The number of aliphatic hydroxyl groups excluding tert-OH is 1. The number of ether oxygens (including phenoxy) is 1. The maximum Gasteiger partial charge on any atom is 0.638 e. The maximum absolute atomic E-state index is 7.94. The Kier molecular flexibility index (Phi) is 26.9. The summed E-state index contributed by atoms with van der Waals surface area (Å²) in [5.41, 5.74) is 0. The minimum absolute atomic E-state index is 0. The zero-order chi connectivity index (χ0) is 9.82. The van der Waals surface area contributed by atoms with Crippen LogP contribution in [0, 0.1) is 0 Å². The molecule has 5 nitrogen and oxygen atoms in total. The van der Waals surface area contributed by atoms with Crippen LogP contribution in [0.25, 0.3) is 0 Å². The summed E-state index contributed by atoms with van der Waals surface area (Å²) < 4.78 is 18.3. The summed E-state index contributed by atoms with van der Waals surface area (Å²) in [6.45, 7) is 0.566. The predicted molar refractivity (Wildman–Crippen MR) is 51.5 cm³/mol. The van der Waals surface area contributed by atoms with Gasteiger partial charge in [0, 0.05) is 47.3 Å². The van der Waals surface area contributed by atoms with Crippen molar-refractivity contribution < 1.29 is 23.8 Å². The van der Waals surface area contributed by atoms with E-state index in [1.165, 1.54) is 21.3 Å². The minimum Gasteiger partial charge on any atom is -0.394 e. The van der Waals surface area contributed by atoms with Crippen LogP contribution in [0.1, 0.15) is 0 Å². The summed E-state index contributed by atoms with van der Waals surface area (Å²) in [6, 6.07) is 0. The quantitative estimate of drug-likeness (QED) is 0.568. The van der Waals surface area contributed by atoms with Gasteiger partial charge < -0.3 is 23.8 Å². The number of hydrogen-bond donors (Lipinski definition) is 1. The fourth-order valence-electron chi connectivity index (χ4n) is 0.380. The molecule has 0 saturated carbocycles. The first-order valence-corrected chi connectivity index (χ1v) is 3.45. The molecule has 0 rings (SSSR count). The predicted octanol–water partition coefficient (Wildman–Crippen LogP) is -0.845. The Labute approximate surface area is 92.0 Å². The van der Waals surface area contributed by atoms with Gasteiger partial charge >= 0.3 is 7.32 Å². The van der Waals surface area contributed by atoms with E-state index in [9.17, 15) is 0 Å². The second-order valence-electron chi connectivity index (χ2n) is 1.71. The molecule has 0 fully saturated rings. The molecule has 1 radical (unpaired) electrons. The molecule has 0 aromatic heterocycles. The van der Waals surface area contributed by atoms with Gasteiger partial charge in [0.2, 0.25) is 0 Å². The number of hydrogen-bond acceptors (Lipinski definition) is 5. The average Bonchev–Trinajstić information content (AvgIpc) is 2.10. The summed E-state index contributed by atoms with van der Waals surface area (Å²) in [5, 5.41) is 7.94. The Bertz CT molecular complexity index is 66.5. The van der Waals surface area contributed by atoms with E-state index in [-0.39, 0.29) is 25.5 Å². The second kappa shape index (κ2) is 18.3. The van der Waals surface area contributed by atoms with Crippen LogP contribution < -0.4 is 0 Å². The molecule has 0 spiro atoms. The second-order valence-corrected chi connectivity index (χ2v) is 1.71. The molecular weight excluding hydrogens is 170 g/mol. The van der Waals surface area contributed by atoms with Crippen LogP contribution in [0.2, 0.25) is 0 Å². The van der Waals surface area contributed by atoms with Crippen LogP contribution in [0.3, 0.4) is 0 Å². The maximum atomic E-state index is 7.94. The van der Waals surface area contributed by atoms with Crippen molar-refractivity contribution in [2.24, 2.45) is 0 Å². The third kappa shape index (κ3) is 19.0. The normalized spacial score (nSPS) is 8.08. The van der Waals surface area contributed by atoms with Crippen molar-refractivity contribution in [3.8, 4) is 0 Å². The molecule has 1 N–H and O–H groups in total. The third-order valence-corrected chi connectivity index (χ3v) is 0.873. The van der Waals surface area contributed by atoms with Crippen LogP contribution in [-0.2, 0) is 18.7 Å². The van der Waals surface area contributed by atoms with Crippen LogP contribution in [0.4, 0.5) is 0 Å². The van der Waals surface area contributed by atoms with E-state index in [0.717, 1.165) is 0 Å². The molecular formula is C6H17BLiO5. The molecule has 0 aromatic carbocycles. The van der Waals surface area contributed by atoms with Gasteiger partial charge in [-0.15, -0.1) is 0 Å². The first kappa shape index (κ1) is 19.1. The molecule has 7 heteroatoms. The molecule has 0 amide bonds. The van der Waals surface area contributed by atoms with Crippen molar-refractivity contribution in [3.05, 3.63) is 0 Å². The van der Waals surface area contributed by atoms with Crippen molar-refractivity contribution in [2.75, 3.05) is 41.7 Å². The van der Waals surface area contributed by atoms with Gasteiger partial charge in [0.05, 0.1) is 13.2 Å². The van der Waals surface area contributed by atoms with E-state index in [1.807, 2.05) is 0 Å². The number of methoxy groups -OCH3 is 1. The van der Waals surface area contributed by atoms with Gasteiger partial charge in [0.1, 0.15) is 0 Å². The molecule has 0 heterocycles. The van der Waals surface area contributed by atoms with Crippen molar-refractivity contribution in [3.63, 3.8) is 0 Å². The van der Waals surface area contributed by atoms with Gasteiger partial charge in [-0.3, -0.25) is 0 Å². The average molecular weight is 187 g/mol. The molecule has 0 unspecified atom stereocenters. The fraction of sp³-hybridized carbons (Fsp3) is 1.00. The van der Waals surface area contributed by atoms with E-state index in [2.05, 4.69) is 18.7 Å². The standard InChI is InChI=1S/C3H9BO3.C3H8O2.Li/c1-5-4(6-2)7-3;1-5-3-2-4;/h1-3H3;4H,2-3H2,1H3;. The summed E-state index contributed by atoms with van der Waals surface area (Å²) in [6.07, 6.45) is 0. The Hall–Kier alpha value is 0.462. The van der Waals surface area contributed by atoms with Crippen molar-refractivity contribution in [1.29, 1.82) is 0 Å². The zero-order valence-electron chi connectivity index (χ0n) is 9.07. The van der Waals surface area contributed by atoms with Gasteiger partial charge in [-0.05, 0) is 0 Å². The van der Waals surface area contributed by atoms with Gasteiger partial charge in [-0.2, -0.15) is 0 Å². The van der Waals surface area contributed by atoms with Crippen LogP contribution in [-0.4, -0.2) is 72.9 Å². The van der Waals surface area contributed by atoms with Crippen LogP contribution >= 0.6 is 0 Å². The van der Waals surface area contributed by atoms with Crippen molar-refractivity contribution >= 4 is 26.2 Å². The zero-order valence-corrected chi connectivity index (χ0v) is 9.07. The SMILES string of the molecule is COB(OC)OC.COCCO.[Li]. The first-order chi connectivity index (χ1) is 5.76.